The normalized spacial score (nSPS) is 9.85. The lowest BCUT2D eigenvalue weighted by Gasteiger charge is -1.93. The van der Waals surface area contributed by atoms with Crippen LogP contribution in [0.4, 0.5) is 0 Å². The Labute approximate surface area is 79.9 Å². The van der Waals surface area contributed by atoms with Crippen molar-refractivity contribution in [1.82, 2.24) is 4.98 Å². The van der Waals surface area contributed by atoms with Crippen molar-refractivity contribution in [2.75, 3.05) is 0 Å². The molecule has 0 atom stereocenters. The van der Waals surface area contributed by atoms with Crippen molar-refractivity contribution in [3.8, 4) is 0 Å². The lowest BCUT2D eigenvalue weighted by atomic mass is 10.1. The number of aromatic nitrogens is 1. The molecular formula is C10H6NOS. The van der Waals surface area contributed by atoms with Crippen molar-refractivity contribution in [2.24, 2.45) is 0 Å². The summed E-state index contributed by atoms with van der Waals surface area (Å²) in [5, 5.41) is 2.30. The van der Waals surface area contributed by atoms with E-state index in [1.54, 1.807) is 23.7 Å². The molecule has 0 N–H and O–H groups in total. The first-order chi connectivity index (χ1) is 6.38. The molecule has 1 heterocycles. The van der Waals surface area contributed by atoms with Gasteiger partial charge in [-0.1, -0.05) is 24.3 Å². The van der Waals surface area contributed by atoms with E-state index in [1.807, 2.05) is 12.1 Å². The molecule has 3 heteroatoms. The number of thiazole rings is 1. The first kappa shape index (κ1) is 8.13. The minimum atomic E-state index is -0.0596. The molecule has 63 valence electrons. The average Bonchev–Trinajstić information content (AvgIpc) is 2.71. The quantitative estimate of drug-likeness (QED) is 0.676. The van der Waals surface area contributed by atoms with Crippen LogP contribution in [0.2, 0.25) is 0 Å². The van der Waals surface area contributed by atoms with Gasteiger partial charge in [-0.25, -0.2) is 4.98 Å². The van der Waals surface area contributed by atoms with E-state index in [1.165, 1.54) is 11.3 Å². The minimum absolute atomic E-state index is 0.0596. The van der Waals surface area contributed by atoms with Crippen LogP contribution in [0.25, 0.3) is 0 Å². The van der Waals surface area contributed by atoms with Gasteiger partial charge in [0, 0.05) is 17.1 Å². The number of carbonyl (C=O) groups excluding carboxylic acids is 1. The van der Waals surface area contributed by atoms with Gasteiger partial charge in [0.1, 0.15) is 0 Å². The molecule has 0 fully saturated rings. The number of hydrogen-bond donors (Lipinski definition) is 0. The van der Waals surface area contributed by atoms with Gasteiger partial charge in [0.25, 0.3) is 0 Å². The monoisotopic (exact) mass is 188 g/mol. The largest absolute Gasteiger partial charge is 0.286 e. The molecule has 1 radical (unpaired) electrons. The molecule has 1 aromatic carbocycles. The van der Waals surface area contributed by atoms with Crippen molar-refractivity contribution in [3.63, 3.8) is 0 Å². The van der Waals surface area contributed by atoms with E-state index in [-0.39, 0.29) is 5.78 Å². The zero-order valence-corrected chi connectivity index (χ0v) is 7.54. The summed E-state index contributed by atoms with van der Waals surface area (Å²) in [7, 11) is 0. The SMILES string of the molecule is O=C(c1[c]cccc1)c1nccs1. The zero-order valence-electron chi connectivity index (χ0n) is 6.73. The van der Waals surface area contributed by atoms with Gasteiger partial charge in [-0.2, -0.15) is 0 Å². The molecule has 0 amide bonds. The number of nitrogens with zero attached hydrogens (tertiary/aromatic N) is 1. The minimum Gasteiger partial charge on any atom is -0.286 e. The van der Waals surface area contributed by atoms with Crippen LogP contribution < -0.4 is 0 Å². The third-order valence-electron chi connectivity index (χ3n) is 1.58. The Balaban J connectivity index is 2.34. The maximum atomic E-state index is 11.6. The maximum absolute atomic E-state index is 11.6. The summed E-state index contributed by atoms with van der Waals surface area (Å²) in [6.45, 7) is 0. The van der Waals surface area contributed by atoms with Crippen LogP contribution in [0.1, 0.15) is 15.4 Å². The Kier molecular flexibility index (Phi) is 2.19. The Morgan fingerprint density at radius 3 is 3.00 bits per heavy atom. The van der Waals surface area contributed by atoms with E-state index >= 15 is 0 Å². The lowest BCUT2D eigenvalue weighted by Crippen LogP contribution is -1.99. The molecule has 0 saturated heterocycles. The summed E-state index contributed by atoms with van der Waals surface area (Å²) in [6, 6.07) is 9.99. The lowest BCUT2D eigenvalue weighted by molar-refractivity contribution is 0.103. The Morgan fingerprint density at radius 2 is 2.38 bits per heavy atom. The molecule has 0 saturated carbocycles. The number of ketones is 1. The fourth-order valence-electron chi connectivity index (χ4n) is 0.985. The van der Waals surface area contributed by atoms with Crippen LogP contribution >= 0.6 is 11.3 Å². The molecule has 2 aromatic rings. The molecule has 13 heavy (non-hydrogen) atoms. The summed E-state index contributed by atoms with van der Waals surface area (Å²) in [5.41, 5.74) is 0.567. The topological polar surface area (TPSA) is 30.0 Å². The van der Waals surface area contributed by atoms with Gasteiger partial charge in [-0.15, -0.1) is 11.3 Å². The molecule has 2 nitrogen and oxygen atoms in total. The molecule has 2 rings (SSSR count). The first-order valence-electron chi connectivity index (χ1n) is 3.79. The number of carbonyl (C=O) groups is 1. The fourth-order valence-corrected chi connectivity index (χ4v) is 1.57. The first-order valence-corrected chi connectivity index (χ1v) is 4.67. The molecule has 0 aliphatic heterocycles. The highest BCUT2D eigenvalue weighted by atomic mass is 32.1. The van der Waals surface area contributed by atoms with Crippen LogP contribution in [0.5, 0.6) is 0 Å². The van der Waals surface area contributed by atoms with E-state index < -0.39 is 0 Å². The second-order valence-corrected chi connectivity index (χ2v) is 3.34. The molecular weight excluding hydrogens is 182 g/mol. The second-order valence-electron chi connectivity index (χ2n) is 2.44. The predicted octanol–water partition coefficient (Wildman–Crippen LogP) is 2.17. The molecule has 0 bridgehead atoms. The van der Waals surface area contributed by atoms with Crippen LogP contribution in [-0.4, -0.2) is 10.8 Å². The number of hydrogen-bond acceptors (Lipinski definition) is 3. The van der Waals surface area contributed by atoms with Crippen molar-refractivity contribution in [3.05, 3.63) is 52.5 Å². The van der Waals surface area contributed by atoms with E-state index in [4.69, 9.17) is 0 Å². The zero-order chi connectivity index (χ0) is 9.10. The fraction of sp³-hybridized carbons (Fsp3) is 0. The summed E-state index contributed by atoms with van der Waals surface area (Å²) in [6.07, 6.45) is 1.63. The van der Waals surface area contributed by atoms with Gasteiger partial charge >= 0.3 is 0 Å². The molecule has 0 aliphatic rings. The van der Waals surface area contributed by atoms with E-state index in [0.29, 0.717) is 10.6 Å². The van der Waals surface area contributed by atoms with Crippen molar-refractivity contribution in [1.29, 1.82) is 0 Å². The highest BCUT2D eigenvalue weighted by Crippen LogP contribution is 2.10. The predicted molar refractivity (Wildman–Crippen MR) is 50.8 cm³/mol. The van der Waals surface area contributed by atoms with Crippen LogP contribution in [0.15, 0.2) is 35.8 Å². The van der Waals surface area contributed by atoms with Crippen LogP contribution in [0.3, 0.4) is 0 Å². The summed E-state index contributed by atoms with van der Waals surface area (Å²) < 4.78 is 0. The van der Waals surface area contributed by atoms with E-state index in [0.717, 1.165) is 0 Å². The van der Waals surface area contributed by atoms with Gasteiger partial charge < -0.3 is 0 Å². The maximum Gasteiger partial charge on any atom is 0.222 e. The summed E-state index contributed by atoms with van der Waals surface area (Å²) in [4.78, 5) is 15.6. The molecule has 0 aliphatic carbocycles. The van der Waals surface area contributed by atoms with Gasteiger partial charge in [0.15, 0.2) is 5.01 Å². The highest BCUT2D eigenvalue weighted by Gasteiger charge is 2.10. The van der Waals surface area contributed by atoms with Gasteiger partial charge in [-0.3, -0.25) is 4.79 Å². The standard InChI is InChI=1S/C10H6NOS/c12-9(10-11-6-7-13-10)8-4-2-1-3-5-8/h1-4,6-7H. The number of rotatable bonds is 2. The smallest absolute Gasteiger partial charge is 0.222 e. The molecule has 1 aromatic heterocycles. The molecule has 0 unspecified atom stereocenters. The van der Waals surface area contributed by atoms with Crippen LogP contribution in [0, 0.1) is 6.07 Å². The highest BCUT2D eigenvalue weighted by molar-refractivity contribution is 7.11. The number of benzene rings is 1. The van der Waals surface area contributed by atoms with Crippen molar-refractivity contribution >= 4 is 17.1 Å². The van der Waals surface area contributed by atoms with Gasteiger partial charge in [0.05, 0.1) is 0 Å². The Morgan fingerprint density at radius 1 is 1.46 bits per heavy atom. The van der Waals surface area contributed by atoms with Gasteiger partial charge in [0.2, 0.25) is 5.78 Å². The summed E-state index contributed by atoms with van der Waals surface area (Å²) >= 11 is 1.35. The molecule has 0 spiro atoms. The third-order valence-corrected chi connectivity index (χ3v) is 2.35. The Hall–Kier alpha value is -1.48. The Bertz CT molecular complexity index is 394. The second kappa shape index (κ2) is 3.49. The average molecular weight is 188 g/mol. The van der Waals surface area contributed by atoms with Crippen molar-refractivity contribution < 1.29 is 4.79 Å². The third kappa shape index (κ3) is 1.65. The van der Waals surface area contributed by atoms with Gasteiger partial charge in [-0.05, 0) is 6.07 Å². The van der Waals surface area contributed by atoms with E-state index in [2.05, 4.69) is 11.1 Å². The van der Waals surface area contributed by atoms with Crippen LogP contribution in [-0.2, 0) is 0 Å². The van der Waals surface area contributed by atoms with E-state index in [9.17, 15) is 4.79 Å². The van der Waals surface area contributed by atoms with Crippen molar-refractivity contribution in [2.45, 2.75) is 0 Å². The summed E-state index contributed by atoms with van der Waals surface area (Å²) in [5.74, 6) is -0.0596.